The van der Waals surface area contributed by atoms with Crippen LogP contribution in [0, 0.1) is 0 Å². The van der Waals surface area contributed by atoms with E-state index >= 15 is 0 Å². The standard InChI is InChI=1S/C14H30N2O/c1-5-7-8-10-13(15-14(17)6-2)11-9-12-16(3)4/h13H,5-12H2,1-4H3,(H,15,17). The molecule has 0 rings (SSSR count). The van der Waals surface area contributed by atoms with E-state index in [0.717, 1.165) is 25.8 Å². The monoisotopic (exact) mass is 242 g/mol. The summed E-state index contributed by atoms with van der Waals surface area (Å²) in [5, 5.41) is 3.14. The number of carbonyl (C=O) groups excluding carboxylic acids is 1. The summed E-state index contributed by atoms with van der Waals surface area (Å²) in [5.41, 5.74) is 0. The van der Waals surface area contributed by atoms with E-state index < -0.39 is 0 Å². The normalized spacial score (nSPS) is 12.8. The Morgan fingerprint density at radius 1 is 1.12 bits per heavy atom. The van der Waals surface area contributed by atoms with E-state index in [1.54, 1.807) is 0 Å². The van der Waals surface area contributed by atoms with Crippen LogP contribution in [-0.4, -0.2) is 37.5 Å². The fraction of sp³-hybridized carbons (Fsp3) is 0.929. The molecule has 0 aromatic rings. The van der Waals surface area contributed by atoms with Crippen LogP contribution in [-0.2, 0) is 4.79 Å². The van der Waals surface area contributed by atoms with Gasteiger partial charge in [0.25, 0.3) is 0 Å². The third kappa shape index (κ3) is 10.3. The molecule has 17 heavy (non-hydrogen) atoms. The Balaban J connectivity index is 3.88. The van der Waals surface area contributed by atoms with E-state index in [-0.39, 0.29) is 5.91 Å². The van der Waals surface area contributed by atoms with Gasteiger partial charge >= 0.3 is 0 Å². The van der Waals surface area contributed by atoms with Crippen molar-refractivity contribution in [2.75, 3.05) is 20.6 Å². The third-order valence-corrected chi connectivity index (χ3v) is 3.00. The lowest BCUT2D eigenvalue weighted by Crippen LogP contribution is -2.34. The van der Waals surface area contributed by atoms with E-state index in [0.29, 0.717) is 12.5 Å². The SMILES string of the molecule is CCCCCC(CCCN(C)C)NC(=O)CC. The van der Waals surface area contributed by atoms with Gasteiger partial charge in [-0.15, -0.1) is 0 Å². The van der Waals surface area contributed by atoms with E-state index in [4.69, 9.17) is 0 Å². The highest BCUT2D eigenvalue weighted by Crippen LogP contribution is 2.09. The molecule has 1 amide bonds. The first-order valence-corrected chi connectivity index (χ1v) is 7.04. The summed E-state index contributed by atoms with van der Waals surface area (Å²) in [6, 6.07) is 0.383. The maximum atomic E-state index is 11.4. The molecule has 0 fully saturated rings. The van der Waals surface area contributed by atoms with Gasteiger partial charge in [0.2, 0.25) is 5.91 Å². The van der Waals surface area contributed by atoms with Crippen molar-refractivity contribution in [1.29, 1.82) is 0 Å². The number of rotatable bonds is 10. The molecule has 0 bridgehead atoms. The van der Waals surface area contributed by atoms with Gasteiger partial charge in [0.15, 0.2) is 0 Å². The van der Waals surface area contributed by atoms with E-state index in [1.807, 2.05) is 6.92 Å². The fourth-order valence-electron chi connectivity index (χ4n) is 1.91. The van der Waals surface area contributed by atoms with Gasteiger partial charge in [-0.05, 0) is 39.9 Å². The van der Waals surface area contributed by atoms with Crippen molar-refractivity contribution >= 4 is 5.91 Å². The molecule has 0 saturated heterocycles. The van der Waals surface area contributed by atoms with Gasteiger partial charge < -0.3 is 10.2 Å². The van der Waals surface area contributed by atoms with Gasteiger partial charge in [-0.3, -0.25) is 4.79 Å². The lowest BCUT2D eigenvalue weighted by atomic mass is 10.0. The van der Waals surface area contributed by atoms with Crippen LogP contribution in [0.5, 0.6) is 0 Å². The molecule has 3 nitrogen and oxygen atoms in total. The molecule has 1 atom stereocenters. The summed E-state index contributed by atoms with van der Waals surface area (Å²) in [6.45, 7) is 5.23. The molecule has 0 heterocycles. The predicted molar refractivity (Wildman–Crippen MR) is 74.2 cm³/mol. The Morgan fingerprint density at radius 3 is 2.29 bits per heavy atom. The minimum absolute atomic E-state index is 0.191. The number of hydrogen-bond donors (Lipinski definition) is 1. The fourth-order valence-corrected chi connectivity index (χ4v) is 1.91. The van der Waals surface area contributed by atoms with Gasteiger partial charge in [-0.25, -0.2) is 0 Å². The molecular formula is C14H30N2O. The number of carbonyl (C=O) groups is 1. The Bertz CT molecular complexity index is 193. The van der Waals surface area contributed by atoms with Crippen molar-refractivity contribution in [3.8, 4) is 0 Å². The van der Waals surface area contributed by atoms with E-state index in [1.165, 1.54) is 19.3 Å². The molecule has 0 aliphatic rings. The average molecular weight is 242 g/mol. The van der Waals surface area contributed by atoms with E-state index in [2.05, 4.69) is 31.2 Å². The summed E-state index contributed by atoms with van der Waals surface area (Å²) < 4.78 is 0. The summed E-state index contributed by atoms with van der Waals surface area (Å²) in [7, 11) is 4.19. The largest absolute Gasteiger partial charge is 0.353 e. The van der Waals surface area contributed by atoms with Crippen molar-refractivity contribution in [1.82, 2.24) is 10.2 Å². The molecule has 102 valence electrons. The number of nitrogens with one attached hydrogen (secondary N) is 1. The first-order chi connectivity index (χ1) is 8.10. The summed E-state index contributed by atoms with van der Waals surface area (Å²) in [4.78, 5) is 13.6. The lowest BCUT2D eigenvalue weighted by Gasteiger charge is -2.19. The number of hydrogen-bond acceptors (Lipinski definition) is 2. The Hall–Kier alpha value is -0.570. The highest BCUT2D eigenvalue weighted by Gasteiger charge is 2.10. The summed E-state index contributed by atoms with van der Waals surface area (Å²) >= 11 is 0. The van der Waals surface area contributed by atoms with Crippen LogP contribution in [0.1, 0.15) is 58.8 Å². The van der Waals surface area contributed by atoms with Crippen LogP contribution in [0.25, 0.3) is 0 Å². The van der Waals surface area contributed by atoms with E-state index in [9.17, 15) is 4.79 Å². The molecule has 3 heteroatoms. The lowest BCUT2D eigenvalue weighted by molar-refractivity contribution is -0.121. The van der Waals surface area contributed by atoms with Crippen molar-refractivity contribution in [2.45, 2.75) is 64.8 Å². The topological polar surface area (TPSA) is 32.3 Å². The highest BCUT2D eigenvalue weighted by molar-refractivity contribution is 5.75. The van der Waals surface area contributed by atoms with Gasteiger partial charge in [0.1, 0.15) is 0 Å². The summed E-state index contributed by atoms with van der Waals surface area (Å²) in [6.07, 6.45) is 7.73. The second kappa shape index (κ2) is 10.6. The quantitative estimate of drug-likeness (QED) is 0.597. The maximum Gasteiger partial charge on any atom is 0.219 e. The van der Waals surface area contributed by atoms with Crippen molar-refractivity contribution in [2.24, 2.45) is 0 Å². The smallest absolute Gasteiger partial charge is 0.219 e. The number of nitrogens with zero attached hydrogens (tertiary/aromatic N) is 1. The van der Waals surface area contributed by atoms with Crippen molar-refractivity contribution < 1.29 is 4.79 Å². The molecule has 0 spiro atoms. The Kier molecular flexibility index (Phi) is 10.2. The third-order valence-electron chi connectivity index (χ3n) is 3.00. The van der Waals surface area contributed by atoms with Gasteiger partial charge in [0.05, 0.1) is 0 Å². The van der Waals surface area contributed by atoms with Gasteiger partial charge in [-0.2, -0.15) is 0 Å². The molecule has 0 aliphatic heterocycles. The molecule has 1 unspecified atom stereocenters. The average Bonchev–Trinajstić information content (AvgIpc) is 2.28. The molecule has 0 aromatic carbocycles. The molecule has 1 N–H and O–H groups in total. The zero-order valence-corrected chi connectivity index (χ0v) is 12.1. The Labute approximate surface area is 107 Å². The molecule has 0 aromatic heterocycles. The minimum Gasteiger partial charge on any atom is -0.353 e. The maximum absolute atomic E-state index is 11.4. The van der Waals surface area contributed by atoms with Crippen molar-refractivity contribution in [3.05, 3.63) is 0 Å². The van der Waals surface area contributed by atoms with Crippen LogP contribution in [0.15, 0.2) is 0 Å². The molecule has 0 radical (unpaired) electrons. The van der Waals surface area contributed by atoms with Gasteiger partial charge in [-0.1, -0.05) is 33.1 Å². The first-order valence-electron chi connectivity index (χ1n) is 7.04. The number of amides is 1. The zero-order valence-electron chi connectivity index (χ0n) is 12.1. The minimum atomic E-state index is 0.191. The van der Waals surface area contributed by atoms with Crippen LogP contribution in [0.4, 0.5) is 0 Å². The molecule has 0 saturated carbocycles. The zero-order chi connectivity index (χ0) is 13.1. The summed E-state index contributed by atoms with van der Waals surface area (Å²) in [5.74, 6) is 0.191. The van der Waals surface area contributed by atoms with Crippen LogP contribution in [0.3, 0.4) is 0 Å². The second-order valence-electron chi connectivity index (χ2n) is 5.06. The number of unbranched alkanes of at least 4 members (excludes halogenated alkanes) is 2. The molecular weight excluding hydrogens is 212 g/mol. The predicted octanol–water partition coefficient (Wildman–Crippen LogP) is 2.80. The highest BCUT2D eigenvalue weighted by atomic mass is 16.1. The Morgan fingerprint density at radius 2 is 1.76 bits per heavy atom. The van der Waals surface area contributed by atoms with Gasteiger partial charge in [0, 0.05) is 12.5 Å². The van der Waals surface area contributed by atoms with Crippen molar-refractivity contribution in [3.63, 3.8) is 0 Å². The van der Waals surface area contributed by atoms with Crippen LogP contribution in [0.2, 0.25) is 0 Å². The second-order valence-corrected chi connectivity index (χ2v) is 5.06. The van der Waals surface area contributed by atoms with Crippen LogP contribution < -0.4 is 5.32 Å². The van der Waals surface area contributed by atoms with Crippen LogP contribution >= 0.6 is 0 Å². The first kappa shape index (κ1) is 16.4. The molecule has 0 aliphatic carbocycles.